The number of hydrogen-bond donors (Lipinski definition) is 2. The van der Waals surface area contributed by atoms with E-state index >= 15 is 0 Å². The van der Waals surface area contributed by atoms with Gasteiger partial charge in [0.05, 0.1) is 0 Å². The molecule has 1 aromatic carbocycles. The molecule has 1 amide bonds. The fourth-order valence-corrected chi connectivity index (χ4v) is 2.47. The van der Waals surface area contributed by atoms with Crippen LogP contribution in [0.2, 0.25) is 0 Å². The van der Waals surface area contributed by atoms with Crippen LogP contribution in [0.3, 0.4) is 0 Å². The molecule has 0 aliphatic carbocycles. The van der Waals surface area contributed by atoms with Gasteiger partial charge in [0.1, 0.15) is 5.82 Å². The molecule has 2 rings (SSSR count). The van der Waals surface area contributed by atoms with Crippen molar-refractivity contribution in [1.29, 1.82) is 0 Å². The minimum absolute atomic E-state index is 0.197. The normalized spacial score (nSPS) is 16.3. The summed E-state index contributed by atoms with van der Waals surface area (Å²) in [5.41, 5.74) is 1.15. The maximum absolute atomic E-state index is 14.1. The second kappa shape index (κ2) is 6.66. The Bertz CT molecular complexity index is 442. The van der Waals surface area contributed by atoms with Crippen LogP contribution in [0.4, 0.5) is 4.39 Å². The van der Waals surface area contributed by atoms with Crippen LogP contribution in [-0.4, -0.2) is 25.5 Å². The lowest BCUT2D eigenvalue weighted by molar-refractivity contribution is 0.0953. The fourth-order valence-electron chi connectivity index (χ4n) is 2.47. The molecular formula is C15H21FN2O. The maximum Gasteiger partial charge on any atom is 0.251 e. The van der Waals surface area contributed by atoms with Crippen molar-refractivity contribution in [2.75, 3.05) is 19.6 Å². The Hall–Kier alpha value is -1.42. The molecule has 104 valence electrons. The SMILES string of the molecule is CCCNC(=O)c1ccc(C2CCNCC2)c(F)c1. The number of hydrogen-bond acceptors (Lipinski definition) is 2. The predicted octanol–water partition coefficient (Wildman–Crippen LogP) is 2.43. The van der Waals surface area contributed by atoms with Crippen molar-refractivity contribution >= 4 is 5.91 Å². The molecule has 1 aliphatic rings. The zero-order chi connectivity index (χ0) is 13.7. The van der Waals surface area contributed by atoms with Gasteiger partial charge >= 0.3 is 0 Å². The number of nitrogens with one attached hydrogen (secondary N) is 2. The van der Waals surface area contributed by atoms with Gasteiger partial charge in [0.2, 0.25) is 0 Å². The van der Waals surface area contributed by atoms with E-state index in [-0.39, 0.29) is 17.6 Å². The summed E-state index contributed by atoms with van der Waals surface area (Å²) in [6.07, 6.45) is 2.79. The zero-order valence-electron chi connectivity index (χ0n) is 11.3. The third-order valence-electron chi connectivity index (χ3n) is 3.58. The highest BCUT2D eigenvalue weighted by atomic mass is 19.1. The average molecular weight is 264 g/mol. The molecule has 1 aliphatic heterocycles. The molecule has 0 spiro atoms. The molecule has 4 heteroatoms. The molecule has 0 saturated carbocycles. The molecule has 0 unspecified atom stereocenters. The van der Waals surface area contributed by atoms with E-state index in [1.54, 1.807) is 12.1 Å². The predicted molar refractivity (Wildman–Crippen MR) is 73.9 cm³/mol. The Labute approximate surface area is 113 Å². The minimum atomic E-state index is -0.254. The van der Waals surface area contributed by atoms with E-state index in [1.165, 1.54) is 6.07 Å². The van der Waals surface area contributed by atoms with Crippen molar-refractivity contribution in [1.82, 2.24) is 10.6 Å². The second-order valence-electron chi connectivity index (χ2n) is 5.02. The number of carbonyl (C=O) groups excluding carboxylic acids is 1. The maximum atomic E-state index is 14.1. The second-order valence-corrected chi connectivity index (χ2v) is 5.02. The highest BCUT2D eigenvalue weighted by Crippen LogP contribution is 2.27. The van der Waals surface area contributed by atoms with Gasteiger partial charge in [0, 0.05) is 12.1 Å². The Kier molecular flexibility index (Phi) is 4.91. The average Bonchev–Trinajstić information content (AvgIpc) is 2.45. The lowest BCUT2D eigenvalue weighted by atomic mass is 9.89. The van der Waals surface area contributed by atoms with Gasteiger partial charge in [-0.25, -0.2) is 4.39 Å². The summed E-state index contributed by atoms with van der Waals surface area (Å²) in [5, 5.41) is 6.03. The zero-order valence-corrected chi connectivity index (χ0v) is 11.3. The molecule has 0 aromatic heterocycles. The van der Waals surface area contributed by atoms with Crippen LogP contribution in [0.1, 0.15) is 48.0 Å². The van der Waals surface area contributed by atoms with Crippen molar-refractivity contribution in [2.24, 2.45) is 0 Å². The Morgan fingerprint density at radius 2 is 2.16 bits per heavy atom. The molecule has 0 atom stereocenters. The van der Waals surface area contributed by atoms with Crippen LogP contribution in [-0.2, 0) is 0 Å². The summed E-state index contributed by atoms with van der Waals surface area (Å²) >= 11 is 0. The first-order valence-electron chi connectivity index (χ1n) is 7.00. The number of benzene rings is 1. The minimum Gasteiger partial charge on any atom is -0.352 e. The molecule has 1 aromatic rings. The van der Waals surface area contributed by atoms with Crippen LogP contribution < -0.4 is 10.6 Å². The third kappa shape index (κ3) is 3.53. The smallest absolute Gasteiger partial charge is 0.251 e. The van der Waals surface area contributed by atoms with E-state index in [4.69, 9.17) is 0 Å². The van der Waals surface area contributed by atoms with Crippen LogP contribution >= 0.6 is 0 Å². The monoisotopic (exact) mass is 264 g/mol. The summed E-state index contributed by atoms with van der Waals surface area (Å²) in [4.78, 5) is 11.8. The van der Waals surface area contributed by atoms with Crippen molar-refractivity contribution in [3.05, 3.63) is 35.1 Å². The van der Waals surface area contributed by atoms with Crippen molar-refractivity contribution < 1.29 is 9.18 Å². The quantitative estimate of drug-likeness (QED) is 0.877. The van der Waals surface area contributed by atoms with Crippen LogP contribution in [0.5, 0.6) is 0 Å². The number of halogens is 1. The number of piperidine rings is 1. The highest BCUT2D eigenvalue weighted by molar-refractivity contribution is 5.94. The van der Waals surface area contributed by atoms with E-state index in [0.29, 0.717) is 12.1 Å². The molecule has 0 bridgehead atoms. The first kappa shape index (κ1) is 14.0. The first-order chi connectivity index (χ1) is 9.22. The Morgan fingerprint density at radius 3 is 2.79 bits per heavy atom. The Balaban J connectivity index is 2.10. The summed E-state index contributed by atoms with van der Waals surface area (Å²) in [5.74, 6) is -0.178. The summed E-state index contributed by atoms with van der Waals surface area (Å²) < 4.78 is 14.1. The van der Waals surface area contributed by atoms with Crippen LogP contribution in [0.15, 0.2) is 18.2 Å². The van der Waals surface area contributed by atoms with Gasteiger partial charge in [-0.15, -0.1) is 0 Å². The van der Waals surface area contributed by atoms with E-state index in [2.05, 4.69) is 10.6 Å². The van der Waals surface area contributed by atoms with Crippen molar-refractivity contribution in [3.8, 4) is 0 Å². The number of rotatable bonds is 4. The van der Waals surface area contributed by atoms with Gasteiger partial charge in [-0.2, -0.15) is 0 Å². The van der Waals surface area contributed by atoms with Crippen molar-refractivity contribution in [2.45, 2.75) is 32.1 Å². The lowest BCUT2D eigenvalue weighted by Gasteiger charge is -2.23. The van der Waals surface area contributed by atoms with Gasteiger partial charge in [-0.1, -0.05) is 13.0 Å². The Morgan fingerprint density at radius 1 is 1.42 bits per heavy atom. The molecule has 2 N–H and O–H groups in total. The standard InChI is InChI=1S/C15H21FN2O/c1-2-7-18-15(19)12-3-4-13(14(16)10-12)11-5-8-17-9-6-11/h3-4,10-11,17H,2,5-9H2,1H3,(H,18,19). The van der Waals surface area contributed by atoms with E-state index in [9.17, 15) is 9.18 Å². The van der Waals surface area contributed by atoms with E-state index in [0.717, 1.165) is 37.9 Å². The highest BCUT2D eigenvalue weighted by Gasteiger charge is 2.19. The fraction of sp³-hybridized carbons (Fsp3) is 0.533. The van der Waals surface area contributed by atoms with Gasteiger partial charge < -0.3 is 10.6 Å². The first-order valence-corrected chi connectivity index (χ1v) is 7.00. The summed E-state index contributed by atoms with van der Waals surface area (Å²) in [6, 6.07) is 4.86. The topological polar surface area (TPSA) is 41.1 Å². The molecule has 1 saturated heterocycles. The third-order valence-corrected chi connectivity index (χ3v) is 3.58. The summed E-state index contributed by atoms with van der Waals surface area (Å²) in [7, 11) is 0. The van der Waals surface area contributed by atoms with Crippen molar-refractivity contribution in [3.63, 3.8) is 0 Å². The van der Waals surface area contributed by atoms with E-state index in [1.807, 2.05) is 6.92 Å². The molecule has 0 radical (unpaired) electrons. The van der Waals surface area contributed by atoms with Crippen LogP contribution in [0.25, 0.3) is 0 Å². The van der Waals surface area contributed by atoms with Gasteiger partial charge in [-0.3, -0.25) is 4.79 Å². The molecule has 19 heavy (non-hydrogen) atoms. The largest absolute Gasteiger partial charge is 0.352 e. The number of amides is 1. The van der Waals surface area contributed by atoms with Gasteiger partial charge in [0.15, 0.2) is 0 Å². The molecule has 1 fully saturated rings. The van der Waals surface area contributed by atoms with Gasteiger partial charge in [-0.05, 0) is 56.0 Å². The molecule has 1 heterocycles. The van der Waals surface area contributed by atoms with Gasteiger partial charge in [0.25, 0.3) is 5.91 Å². The summed E-state index contributed by atoms with van der Waals surface area (Å²) in [6.45, 7) is 4.48. The molecular weight excluding hydrogens is 243 g/mol. The number of carbonyl (C=O) groups is 1. The van der Waals surface area contributed by atoms with E-state index < -0.39 is 0 Å². The molecule has 3 nitrogen and oxygen atoms in total. The lowest BCUT2D eigenvalue weighted by Crippen LogP contribution is -2.27. The van der Waals surface area contributed by atoms with Crippen LogP contribution in [0, 0.1) is 5.82 Å².